The van der Waals surface area contributed by atoms with Gasteiger partial charge in [0, 0.05) is 25.0 Å². The van der Waals surface area contributed by atoms with Crippen molar-refractivity contribution in [2.24, 2.45) is 11.3 Å². The van der Waals surface area contributed by atoms with E-state index in [1.165, 1.54) is 5.56 Å². The van der Waals surface area contributed by atoms with Crippen molar-refractivity contribution in [1.82, 2.24) is 10.2 Å². The van der Waals surface area contributed by atoms with Gasteiger partial charge in [0.15, 0.2) is 0 Å². The van der Waals surface area contributed by atoms with Crippen molar-refractivity contribution in [2.45, 2.75) is 53.0 Å². The van der Waals surface area contributed by atoms with Crippen molar-refractivity contribution in [3.63, 3.8) is 0 Å². The van der Waals surface area contributed by atoms with Crippen LogP contribution >= 0.6 is 0 Å². The molecule has 25 heavy (non-hydrogen) atoms. The normalized spacial score (nSPS) is 21.0. The van der Waals surface area contributed by atoms with E-state index < -0.39 is 0 Å². The molecule has 4 nitrogen and oxygen atoms in total. The van der Waals surface area contributed by atoms with Gasteiger partial charge in [0.25, 0.3) is 0 Å². The monoisotopic (exact) mass is 346 g/mol. The SMILES string of the molecule is COc1ccc(CCN(CC(C)(C)C)C(=O)[C@H]2CCN[C@@H](C)C2)cc1. The highest BCUT2D eigenvalue weighted by molar-refractivity contribution is 5.79. The highest BCUT2D eigenvalue weighted by Crippen LogP contribution is 2.23. The van der Waals surface area contributed by atoms with E-state index in [0.29, 0.717) is 11.9 Å². The molecule has 1 aromatic rings. The molecule has 0 unspecified atom stereocenters. The molecule has 1 N–H and O–H groups in total. The van der Waals surface area contributed by atoms with Crippen molar-refractivity contribution in [3.05, 3.63) is 29.8 Å². The van der Waals surface area contributed by atoms with Crippen LogP contribution in [0.1, 0.15) is 46.1 Å². The zero-order valence-corrected chi connectivity index (χ0v) is 16.5. The van der Waals surface area contributed by atoms with Gasteiger partial charge in [-0.2, -0.15) is 0 Å². The zero-order chi connectivity index (χ0) is 18.4. The molecular weight excluding hydrogens is 312 g/mol. The summed E-state index contributed by atoms with van der Waals surface area (Å²) in [7, 11) is 1.68. The number of ether oxygens (including phenoxy) is 1. The molecular formula is C21H34N2O2. The average molecular weight is 347 g/mol. The van der Waals surface area contributed by atoms with Crippen molar-refractivity contribution in [1.29, 1.82) is 0 Å². The van der Waals surface area contributed by atoms with Crippen LogP contribution in [0.4, 0.5) is 0 Å². The Morgan fingerprint density at radius 3 is 2.52 bits per heavy atom. The molecule has 0 aromatic heterocycles. The average Bonchev–Trinajstić information content (AvgIpc) is 2.57. The van der Waals surface area contributed by atoms with Gasteiger partial charge in [0.2, 0.25) is 5.91 Å². The molecule has 2 rings (SSSR count). The van der Waals surface area contributed by atoms with E-state index >= 15 is 0 Å². The molecule has 4 heteroatoms. The first-order valence-electron chi connectivity index (χ1n) is 9.43. The molecule has 0 spiro atoms. The van der Waals surface area contributed by atoms with E-state index in [1.807, 2.05) is 12.1 Å². The number of carbonyl (C=O) groups excluding carboxylic acids is 1. The van der Waals surface area contributed by atoms with Crippen molar-refractivity contribution in [2.75, 3.05) is 26.7 Å². The topological polar surface area (TPSA) is 41.6 Å². The van der Waals surface area contributed by atoms with Gasteiger partial charge >= 0.3 is 0 Å². The third kappa shape index (κ3) is 6.35. The Balaban J connectivity index is 2.02. The minimum Gasteiger partial charge on any atom is -0.497 e. The summed E-state index contributed by atoms with van der Waals surface area (Å²) in [4.78, 5) is 15.2. The number of piperidine rings is 1. The number of hydrogen-bond acceptors (Lipinski definition) is 3. The van der Waals surface area contributed by atoms with Crippen LogP contribution in [0.25, 0.3) is 0 Å². The summed E-state index contributed by atoms with van der Waals surface area (Å²) in [5.41, 5.74) is 1.35. The summed E-state index contributed by atoms with van der Waals surface area (Å²) in [5, 5.41) is 3.44. The van der Waals surface area contributed by atoms with E-state index in [4.69, 9.17) is 4.74 Å². The summed E-state index contributed by atoms with van der Waals surface area (Å²) >= 11 is 0. The van der Waals surface area contributed by atoms with Gasteiger partial charge in [-0.1, -0.05) is 32.9 Å². The second kappa shape index (κ2) is 8.70. The fourth-order valence-electron chi connectivity index (χ4n) is 3.51. The maximum absolute atomic E-state index is 13.1. The largest absolute Gasteiger partial charge is 0.497 e. The number of nitrogens with zero attached hydrogens (tertiary/aromatic N) is 1. The fraction of sp³-hybridized carbons (Fsp3) is 0.667. The molecule has 0 saturated carbocycles. The third-order valence-electron chi connectivity index (χ3n) is 4.78. The van der Waals surface area contributed by atoms with E-state index in [9.17, 15) is 4.79 Å². The van der Waals surface area contributed by atoms with Crippen LogP contribution in [0.2, 0.25) is 0 Å². The number of benzene rings is 1. The summed E-state index contributed by atoms with van der Waals surface area (Å²) in [6.45, 7) is 11.3. The van der Waals surface area contributed by atoms with Gasteiger partial charge in [0.1, 0.15) is 5.75 Å². The van der Waals surface area contributed by atoms with Crippen LogP contribution < -0.4 is 10.1 Å². The molecule has 2 atom stereocenters. The van der Waals surface area contributed by atoms with Crippen LogP contribution in [0.15, 0.2) is 24.3 Å². The molecule has 0 aliphatic carbocycles. The smallest absolute Gasteiger partial charge is 0.225 e. The number of rotatable bonds is 6. The van der Waals surface area contributed by atoms with Crippen LogP contribution in [0.5, 0.6) is 5.75 Å². The van der Waals surface area contributed by atoms with Gasteiger partial charge in [-0.25, -0.2) is 0 Å². The zero-order valence-electron chi connectivity index (χ0n) is 16.5. The number of methoxy groups -OCH3 is 1. The van der Waals surface area contributed by atoms with Crippen LogP contribution in [0.3, 0.4) is 0 Å². The van der Waals surface area contributed by atoms with Crippen LogP contribution in [0, 0.1) is 11.3 Å². The highest BCUT2D eigenvalue weighted by atomic mass is 16.5. The van der Waals surface area contributed by atoms with Crippen LogP contribution in [-0.4, -0.2) is 43.6 Å². The minimum atomic E-state index is 0.105. The van der Waals surface area contributed by atoms with E-state index in [0.717, 1.165) is 44.6 Å². The number of hydrogen-bond donors (Lipinski definition) is 1. The maximum Gasteiger partial charge on any atom is 0.225 e. The Kier molecular flexibility index (Phi) is 6.88. The van der Waals surface area contributed by atoms with Gasteiger partial charge in [-0.3, -0.25) is 4.79 Å². The Bertz CT molecular complexity index is 548. The predicted octanol–water partition coefficient (Wildman–Crippen LogP) is 3.50. The van der Waals surface area contributed by atoms with Crippen molar-refractivity contribution in [3.8, 4) is 5.75 Å². The molecule has 1 saturated heterocycles. The number of nitrogens with one attached hydrogen (secondary N) is 1. The van der Waals surface area contributed by atoms with Crippen molar-refractivity contribution >= 4 is 5.91 Å². The Morgan fingerprint density at radius 2 is 1.96 bits per heavy atom. The predicted molar refractivity (Wildman–Crippen MR) is 103 cm³/mol. The lowest BCUT2D eigenvalue weighted by Gasteiger charge is -2.35. The van der Waals surface area contributed by atoms with Gasteiger partial charge in [0.05, 0.1) is 7.11 Å². The lowest BCUT2D eigenvalue weighted by Crippen LogP contribution is -2.47. The number of carbonyl (C=O) groups is 1. The summed E-state index contributed by atoms with van der Waals surface area (Å²) in [6.07, 6.45) is 2.78. The second-order valence-corrected chi connectivity index (χ2v) is 8.50. The summed E-state index contributed by atoms with van der Waals surface area (Å²) < 4.78 is 5.22. The summed E-state index contributed by atoms with van der Waals surface area (Å²) in [5.74, 6) is 1.36. The molecule has 1 aromatic carbocycles. The molecule has 1 aliphatic heterocycles. The first-order chi connectivity index (χ1) is 11.8. The molecule has 1 aliphatic rings. The fourth-order valence-corrected chi connectivity index (χ4v) is 3.51. The molecule has 1 fully saturated rings. The summed E-state index contributed by atoms with van der Waals surface area (Å²) in [6, 6.07) is 8.58. The quantitative estimate of drug-likeness (QED) is 0.857. The first-order valence-corrected chi connectivity index (χ1v) is 9.43. The highest BCUT2D eigenvalue weighted by Gasteiger charge is 2.30. The van der Waals surface area contributed by atoms with Gasteiger partial charge < -0.3 is 15.0 Å². The Hall–Kier alpha value is -1.55. The third-order valence-corrected chi connectivity index (χ3v) is 4.78. The number of amides is 1. The van der Waals surface area contributed by atoms with Gasteiger partial charge in [-0.15, -0.1) is 0 Å². The maximum atomic E-state index is 13.1. The molecule has 0 radical (unpaired) electrons. The standard InChI is InChI=1S/C21H34N2O2/c1-16-14-18(10-12-22-16)20(24)23(15-21(2,3)4)13-11-17-6-8-19(25-5)9-7-17/h6-9,16,18,22H,10-15H2,1-5H3/t16-,18-/m0/s1. The van der Waals surface area contributed by atoms with Crippen LogP contribution in [-0.2, 0) is 11.2 Å². The second-order valence-electron chi connectivity index (χ2n) is 8.50. The molecule has 140 valence electrons. The van der Waals surface area contributed by atoms with E-state index in [1.54, 1.807) is 7.11 Å². The molecule has 1 heterocycles. The lowest BCUT2D eigenvalue weighted by atomic mass is 9.90. The first kappa shape index (κ1) is 19.8. The van der Waals surface area contributed by atoms with E-state index in [-0.39, 0.29) is 11.3 Å². The Labute approximate surface area is 152 Å². The Morgan fingerprint density at radius 1 is 1.28 bits per heavy atom. The van der Waals surface area contributed by atoms with E-state index in [2.05, 4.69) is 50.0 Å². The lowest BCUT2D eigenvalue weighted by molar-refractivity contribution is -0.138. The minimum absolute atomic E-state index is 0.105. The van der Waals surface area contributed by atoms with Crippen molar-refractivity contribution < 1.29 is 9.53 Å². The van der Waals surface area contributed by atoms with Gasteiger partial charge in [-0.05, 0) is 55.8 Å². The molecule has 0 bridgehead atoms. The molecule has 1 amide bonds.